The summed E-state index contributed by atoms with van der Waals surface area (Å²) >= 11 is 0. The summed E-state index contributed by atoms with van der Waals surface area (Å²) in [7, 11) is 0. The molecule has 2 heteroatoms. The summed E-state index contributed by atoms with van der Waals surface area (Å²) < 4.78 is 0. The van der Waals surface area contributed by atoms with E-state index in [1.54, 1.807) is 0 Å². The Morgan fingerprint density at radius 1 is 1.67 bits per heavy atom. The molecule has 0 bridgehead atoms. The van der Waals surface area contributed by atoms with Crippen molar-refractivity contribution < 1.29 is 9.90 Å². The molecule has 1 aliphatic rings. The highest BCUT2D eigenvalue weighted by atomic mass is 16.4. The minimum atomic E-state index is -1.02. The number of carboxylic acid groups (broad SMARTS) is 1. The van der Waals surface area contributed by atoms with Crippen molar-refractivity contribution >= 4 is 5.97 Å². The van der Waals surface area contributed by atoms with Crippen LogP contribution < -0.4 is 0 Å². The number of aliphatic carboxylic acids is 1. The molecule has 1 saturated carbocycles. The topological polar surface area (TPSA) is 37.3 Å². The fourth-order valence-electron chi connectivity index (χ4n) is 0.517. The van der Waals surface area contributed by atoms with Gasteiger partial charge in [0.25, 0.3) is 0 Å². The summed E-state index contributed by atoms with van der Waals surface area (Å²) in [4.78, 5) is 9.90. The highest BCUT2D eigenvalue weighted by Crippen LogP contribution is 2.43. The molecule has 1 fully saturated rings. The van der Waals surface area contributed by atoms with Gasteiger partial charge in [-0.1, -0.05) is 5.92 Å². The van der Waals surface area contributed by atoms with Crippen LogP contribution in [0, 0.1) is 17.3 Å². The molecular formula is C7H8O2. The van der Waals surface area contributed by atoms with Crippen LogP contribution in [0.4, 0.5) is 0 Å². The summed E-state index contributed by atoms with van der Waals surface area (Å²) in [5.74, 6) is 3.77. The SMILES string of the molecule is CC1(C#CC(=O)O)CC1. The maximum Gasteiger partial charge on any atom is 0.381 e. The summed E-state index contributed by atoms with van der Waals surface area (Å²) in [6.07, 6.45) is 2.10. The van der Waals surface area contributed by atoms with E-state index in [1.165, 1.54) is 0 Å². The second-order valence-electron chi connectivity index (χ2n) is 2.62. The standard InChI is InChI=1S/C7H8O2/c1-7(4-5-7)3-2-6(8)9/h4-5H2,1H3,(H,8,9). The van der Waals surface area contributed by atoms with Crippen LogP contribution in [0.5, 0.6) is 0 Å². The van der Waals surface area contributed by atoms with Crippen LogP contribution in [0.25, 0.3) is 0 Å². The first-order valence-corrected chi connectivity index (χ1v) is 2.88. The van der Waals surface area contributed by atoms with Gasteiger partial charge in [-0.3, -0.25) is 0 Å². The predicted octanol–water partition coefficient (Wildman–Crippen LogP) is 0.875. The van der Waals surface area contributed by atoms with Crippen molar-refractivity contribution in [1.82, 2.24) is 0 Å². The molecule has 0 aromatic carbocycles. The molecule has 48 valence electrons. The molecule has 1 N–H and O–H groups in total. The van der Waals surface area contributed by atoms with Gasteiger partial charge in [0.2, 0.25) is 0 Å². The Morgan fingerprint density at radius 2 is 2.22 bits per heavy atom. The Balaban J connectivity index is 2.51. The van der Waals surface area contributed by atoms with Crippen molar-refractivity contribution in [2.24, 2.45) is 5.41 Å². The van der Waals surface area contributed by atoms with Crippen molar-refractivity contribution in [3.8, 4) is 11.8 Å². The Hall–Kier alpha value is -0.970. The van der Waals surface area contributed by atoms with E-state index in [-0.39, 0.29) is 5.41 Å². The predicted molar refractivity (Wildman–Crippen MR) is 32.8 cm³/mol. The van der Waals surface area contributed by atoms with E-state index < -0.39 is 5.97 Å². The molecule has 1 aliphatic carbocycles. The zero-order valence-electron chi connectivity index (χ0n) is 5.27. The maximum absolute atomic E-state index is 9.90. The summed E-state index contributed by atoms with van der Waals surface area (Å²) in [5.41, 5.74) is 0.0401. The zero-order chi connectivity index (χ0) is 6.91. The molecule has 9 heavy (non-hydrogen) atoms. The quantitative estimate of drug-likeness (QED) is 0.486. The number of carbonyl (C=O) groups is 1. The van der Waals surface area contributed by atoms with Gasteiger partial charge >= 0.3 is 5.97 Å². The lowest BCUT2D eigenvalue weighted by Crippen LogP contribution is -1.91. The van der Waals surface area contributed by atoms with Crippen LogP contribution in [0.15, 0.2) is 0 Å². The largest absolute Gasteiger partial charge is 0.472 e. The molecule has 0 unspecified atom stereocenters. The number of carboxylic acids is 1. The Morgan fingerprint density at radius 3 is 2.56 bits per heavy atom. The first-order valence-electron chi connectivity index (χ1n) is 2.88. The van der Waals surface area contributed by atoms with E-state index in [4.69, 9.17) is 5.11 Å². The molecular weight excluding hydrogens is 116 g/mol. The Labute approximate surface area is 53.9 Å². The van der Waals surface area contributed by atoms with Crippen LogP contribution in [0.1, 0.15) is 19.8 Å². The van der Waals surface area contributed by atoms with E-state index in [1.807, 2.05) is 6.92 Å². The molecule has 1 rings (SSSR count). The molecule has 0 heterocycles. The summed E-state index contributed by atoms with van der Waals surface area (Å²) in [6, 6.07) is 0. The fraction of sp³-hybridized carbons (Fsp3) is 0.571. The highest BCUT2D eigenvalue weighted by molar-refractivity contribution is 5.86. The first kappa shape index (κ1) is 6.15. The van der Waals surface area contributed by atoms with Crippen molar-refractivity contribution in [2.45, 2.75) is 19.8 Å². The van der Waals surface area contributed by atoms with Crippen LogP contribution >= 0.6 is 0 Å². The normalized spacial score (nSPS) is 19.7. The lowest BCUT2D eigenvalue weighted by atomic mass is 10.1. The van der Waals surface area contributed by atoms with E-state index in [9.17, 15) is 4.79 Å². The second kappa shape index (κ2) is 1.77. The van der Waals surface area contributed by atoms with Gasteiger partial charge in [-0.2, -0.15) is 0 Å². The van der Waals surface area contributed by atoms with Gasteiger partial charge in [0.1, 0.15) is 0 Å². The minimum absolute atomic E-state index is 0.0401. The molecule has 0 saturated heterocycles. The van der Waals surface area contributed by atoms with Crippen molar-refractivity contribution in [3.63, 3.8) is 0 Å². The van der Waals surface area contributed by atoms with Crippen LogP contribution in [-0.2, 0) is 4.79 Å². The average Bonchev–Trinajstić information content (AvgIpc) is 2.45. The summed E-state index contributed by atoms with van der Waals surface area (Å²) in [5, 5.41) is 8.13. The zero-order valence-corrected chi connectivity index (χ0v) is 5.27. The third-order valence-corrected chi connectivity index (χ3v) is 1.47. The summed E-state index contributed by atoms with van der Waals surface area (Å²) in [6.45, 7) is 1.98. The molecule has 0 atom stereocenters. The van der Waals surface area contributed by atoms with Crippen molar-refractivity contribution in [2.75, 3.05) is 0 Å². The number of hydrogen-bond acceptors (Lipinski definition) is 1. The number of hydrogen-bond donors (Lipinski definition) is 1. The van der Waals surface area contributed by atoms with Gasteiger partial charge < -0.3 is 5.11 Å². The average molecular weight is 124 g/mol. The Bertz CT molecular complexity index is 191. The molecule has 0 amide bonds. The smallest absolute Gasteiger partial charge is 0.381 e. The lowest BCUT2D eigenvalue weighted by Gasteiger charge is -1.88. The van der Waals surface area contributed by atoms with E-state index in [0.717, 1.165) is 12.8 Å². The molecule has 2 nitrogen and oxygen atoms in total. The van der Waals surface area contributed by atoms with Crippen LogP contribution in [-0.4, -0.2) is 11.1 Å². The van der Waals surface area contributed by atoms with E-state index in [2.05, 4.69) is 11.8 Å². The molecule has 0 aromatic heterocycles. The van der Waals surface area contributed by atoms with Gasteiger partial charge in [0, 0.05) is 11.3 Å². The van der Waals surface area contributed by atoms with E-state index in [0.29, 0.717) is 0 Å². The van der Waals surface area contributed by atoms with Gasteiger partial charge in [-0.05, 0) is 19.8 Å². The van der Waals surface area contributed by atoms with Gasteiger partial charge in [0.05, 0.1) is 0 Å². The van der Waals surface area contributed by atoms with Crippen molar-refractivity contribution in [1.29, 1.82) is 0 Å². The second-order valence-corrected chi connectivity index (χ2v) is 2.62. The number of rotatable bonds is 0. The van der Waals surface area contributed by atoms with Gasteiger partial charge in [-0.25, -0.2) is 4.79 Å². The highest BCUT2D eigenvalue weighted by Gasteiger charge is 2.35. The maximum atomic E-state index is 9.90. The molecule has 0 radical (unpaired) electrons. The monoisotopic (exact) mass is 124 g/mol. The molecule has 0 spiro atoms. The molecule has 0 aromatic rings. The van der Waals surface area contributed by atoms with Crippen LogP contribution in [0.2, 0.25) is 0 Å². The van der Waals surface area contributed by atoms with E-state index >= 15 is 0 Å². The minimum Gasteiger partial charge on any atom is -0.472 e. The molecule has 0 aliphatic heterocycles. The van der Waals surface area contributed by atoms with Gasteiger partial charge in [-0.15, -0.1) is 0 Å². The third-order valence-electron chi connectivity index (χ3n) is 1.47. The third kappa shape index (κ3) is 1.77. The van der Waals surface area contributed by atoms with Crippen molar-refractivity contribution in [3.05, 3.63) is 0 Å². The Kier molecular flexibility index (Phi) is 1.21. The fourth-order valence-corrected chi connectivity index (χ4v) is 0.517. The lowest BCUT2D eigenvalue weighted by molar-refractivity contribution is -0.130. The van der Waals surface area contributed by atoms with Crippen LogP contribution in [0.3, 0.4) is 0 Å². The van der Waals surface area contributed by atoms with Gasteiger partial charge in [0.15, 0.2) is 0 Å². The first-order chi connectivity index (χ1) is 4.12.